The molecule has 0 atom stereocenters. The molecule has 4 heteroatoms. The predicted octanol–water partition coefficient (Wildman–Crippen LogP) is 0.778. The lowest BCUT2D eigenvalue weighted by Gasteiger charge is -2.17. The van der Waals surface area contributed by atoms with E-state index in [0.29, 0.717) is 24.8 Å². The van der Waals surface area contributed by atoms with Gasteiger partial charge in [0.15, 0.2) is 5.75 Å². The zero-order chi connectivity index (χ0) is 9.80. The van der Waals surface area contributed by atoms with Gasteiger partial charge in [0, 0.05) is 12.8 Å². The predicted molar refractivity (Wildman–Crippen MR) is 50.6 cm³/mol. The Morgan fingerprint density at radius 1 is 1.36 bits per heavy atom. The lowest BCUT2D eigenvalue weighted by atomic mass is 10.1. The van der Waals surface area contributed by atoms with E-state index in [1.807, 2.05) is 6.07 Å². The second kappa shape index (κ2) is 4.28. The molecule has 0 fully saturated rings. The maximum absolute atomic E-state index is 8.69. The van der Waals surface area contributed by atoms with Crippen LogP contribution in [0, 0.1) is 0 Å². The maximum Gasteiger partial charge on any atom is 0.257 e. The minimum atomic E-state index is 0.203. The lowest BCUT2D eigenvalue weighted by Crippen LogP contribution is -2.16. The third kappa shape index (κ3) is 1.96. The highest BCUT2D eigenvalue weighted by atomic mass is 16.6. The quantitative estimate of drug-likeness (QED) is 0.774. The SMILES string of the molecule is OCCCc1cnc2c(c1)OCCO2. The summed E-state index contributed by atoms with van der Waals surface area (Å²) in [4.78, 5) is 4.14. The number of aliphatic hydroxyl groups excluding tert-OH is 1. The minimum Gasteiger partial charge on any atom is -0.484 e. The number of pyridine rings is 1. The van der Waals surface area contributed by atoms with Crippen molar-refractivity contribution in [2.75, 3.05) is 19.8 Å². The summed E-state index contributed by atoms with van der Waals surface area (Å²) < 4.78 is 10.7. The van der Waals surface area contributed by atoms with Gasteiger partial charge in [-0.25, -0.2) is 4.98 Å². The Morgan fingerprint density at radius 3 is 3.07 bits per heavy atom. The van der Waals surface area contributed by atoms with Gasteiger partial charge in [-0.15, -0.1) is 0 Å². The van der Waals surface area contributed by atoms with E-state index in [1.54, 1.807) is 6.20 Å². The van der Waals surface area contributed by atoms with Crippen molar-refractivity contribution in [2.45, 2.75) is 12.8 Å². The molecule has 1 aromatic rings. The Kier molecular flexibility index (Phi) is 2.84. The molecule has 0 bridgehead atoms. The summed E-state index contributed by atoms with van der Waals surface area (Å²) in [6.45, 7) is 1.35. The Bertz CT molecular complexity index is 314. The molecule has 1 N–H and O–H groups in total. The zero-order valence-electron chi connectivity index (χ0n) is 7.90. The average Bonchev–Trinajstić information content (AvgIpc) is 2.26. The van der Waals surface area contributed by atoms with Crippen LogP contribution >= 0.6 is 0 Å². The van der Waals surface area contributed by atoms with Gasteiger partial charge in [-0.2, -0.15) is 0 Å². The Balaban J connectivity index is 2.12. The maximum atomic E-state index is 8.69. The molecule has 0 radical (unpaired) electrons. The van der Waals surface area contributed by atoms with Crippen molar-refractivity contribution in [3.8, 4) is 11.6 Å². The van der Waals surface area contributed by atoms with E-state index in [4.69, 9.17) is 14.6 Å². The fourth-order valence-electron chi connectivity index (χ4n) is 1.39. The molecule has 1 aliphatic heterocycles. The summed E-state index contributed by atoms with van der Waals surface area (Å²) in [5, 5.41) is 8.69. The van der Waals surface area contributed by atoms with E-state index in [-0.39, 0.29) is 6.61 Å². The van der Waals surface area contributed by atoms with Gasteiger partial charge in [0.1, 0.15) is 13.2 Å². The molecular formula is C10H13NO3. The summed E-state index contributed by atoms with van der Waals surface area (Å²) >= 11 is 0. The van der Waals surface area contributed by atoms with Crippen LogP contribution in [-0.2, 0) is 6.42 Å². The smallest absolute Gasteiger partial charge is 0.257 e. The third-order valence-corrected chi connectivity index (χ3v) is 2.08. The molecule has 1 aliphatic rings. The highest BCUT2D eigenvalue weighted by Gasteiger charge is 2.12. The standard InChI is InChI=1S/C10H13NO3/c12-3-1-2-8-6-9-10(11-7-8)14-5-4-13-9/h6-7,12H,1-5H2. The molecule has 2 rings (SSSR count). The van der Waals surface area contributed by atoms with Gasteiger partial charge in [0.05, 0.1) is 0 Å². The number of hydrogen-bond acceptors (Lipinski definition) is 4. The van der Waals surface area contributed by atoms with E-state index >= 15 is 0 Å². The van der Waals surface area contributed by atoms with Gasteiger partial charge in [-0.1, -0.05) is 0 Å². The second-order valence-corrected chi connectivity index (χ2v) is 3.17. The van der Waals surface area contributed by atoms with Gasteiger partial charge in [0.25, 0.3) is 5.88 Å². The summed E-state index contributed by atoms with van der Waals surface area (Å²) in [6.07, 6.45) is 3.34. The van der Waals surface area contributed by atoms with Crippen LogP contribution in [-0.4, -0.2) is 29.9 Å². The molecule has 2 heterocycles. The van der Waals surface area contributed by atoms with Gasteiger partial charge >= 0.3 is 0 Å². The molecular weight excluding hydrogens is 182 g/mol. The van der Waals surface area contributed by atoms with Gasteiger partial charge in [-0.05, 0) is 24.5 Å². The highest BCUT2D eigenvalue weighted by Crippen LogP contribution is 2.28. The first kappa shape index (κ1) is 9.27. The number of rotatable bonds is 3. The fraction of sp³-hybridized carbons (Fsp3) is 0.500. The molecule has 0 saturated carbocycles. The molecule has 76 valence electrons. The fourth-order valence-corrected chi connectivity index (χ4v) is 1.39. The largest absolute Gasteiger partial charge is 0.484 e. The van der Waals surface area contributed by atoms with Crippen LogP contribution in [0.3, 0.4) is 0 Å². The minimum absolute atomic E-state index is 0.203. The number of aryl methyl sites for hydroxylation is 1. The molecule has 0 amide bonds. The average molecular weight is 195 g/mol. The van der Waals surface area contributed by atoms with Crippen molar-refractivity contribution in [3.63, 3.8) is 0 Å². The highest BCUT2D eigenvalue weighted by molar-refractivity contribution is 5.37. The summed E-state index contributed by atoms with van der Waals surface area (Å²) in [5.74, 6) is 1.29. The van der Waals surface area contributed by atoms with Gasteiger partial charge < -0.3 is 14.6 Å². The van der Waals surface area contributed by atoms with Crippen molar-refractivity contribution in [1.29, 1.82) is 0 Å². The summed E-state index contributed by atoms with van der Waals surface area (Å²) in [6, 6.07) is 1.93. The molecule has 0 aliphatic carbocycles. The number of aromatic nitrogens is 1. The normalized spacial score (nSPS) is 14.1. The van der Waals surface area contributed by atoms with Crippen LogP contribution in [0.1, 0.15) is 12.0 Å². The van der Waals surface area contributed by atoms with Crippen LogP contribution in [0.25, 0.3) is 0 Å². The molecule has 4 nitrogen and oxygen atoms in total. The lowest BCUT2D eigenvalue weighted by molar-refractivity contribution is 0.164. The van der Waals surface area contributed by atoms with Crippen LogP contribution in [0.4, 0.5) is 0 Å². The number of nitrogens with zero attached hydrogens (tertiary/aromatic N) is 1. The van der Waals surface area contributed by atoms with Crippen molar-refractivity contribution in [3.05, 3.63) is 17.8 Å². The summed E-state index contributed by atoms with van der Waals surface area (Å²) in [7, 11) is 0. The van der Waals surface area contributed by atoms with Crippen LogP contribution in [0.15, 0.2) is 12.3 Å². The molecule has 1 aromatic heterocycles. The third-order valence-electron chi connectivity index (χ3n) is 2.08. The van der Waals surface area contributed by atoms with Crippen molar-refractivity contribution in [1.82, 2.24) is 4.98 Å². The summed E-state index contributed by atoms with van der Waals surface area (Å²) in [5.41, 5.74) is 1.07. The molecule has 0 spiro atoms. The number of hydrogen-bond donors (Lipinski definition) is 1. The Labute approximate surface area is 82.5 Å². The van der Waals surface area contributed by atoms with Crippen molar-refractivity contribution < 1.29 is 14.6 Å². The first-order chi connectivity index (χ1) is 6.90. The Hall–Kier alpha value is -1.29. The monoisotopic (exact) mass is 195 g/mol. The van der Waals surface area contributed by atoms with E-state index in [0.717, 1.165) is 18.4 Å². The topological polar surface area (TPSA) is 51.6 Å². The van der Waals surface area contributed by atoms with E-state index in [2.05, 4.69) is 4.98 Å². The molecule has 14 heavy (non-hydrogen) atoms. The van der Waals surface area contributed by atoms with Crippen molar-refractivity contribution >= 4 is 0 Å². The van der Waals surface area contributed by atoms with Gasteiger partial charge in [-0.3, -0.25) is 0 Å². The Morgan fingerprint density at radius 2 is 2.21 bits per heavy atom. The van der Waals surface area contributed by atoms with Crippen molar-refractivity contribution in [2.24, 2.45) is 0 Å². The number of ether oxygens (including phenoxy) is 2. The molecule has 0 saturated heterocycles. The van der Waals surface area contributed by atoms with E-state index in [1.165, 1.54) is 0 Å². The van der Waals surface area contributed by atoms with Gasteiger partial charge in [0.2, 0.25) is 0 Å². The molecule has 0 aromatic carbocycles. The van der Waals surface area contributed by atoms with Crippen LogP contribution in [0.5, 0.6) is 11.6 Å². The first-order valence-corrected chi connectivity index (χ1v) is 4.75. The zero-order valence-corrected chi connectivity index (χ0v) is 7.90. The van der Waals surface area contributed by atoms with Crippen LogP contribution < -0.4 is 9.47 Å². The number of fused-ring (bicyclic) bond motifs is 1. The van der Waals surface area contributed by atoms with Crippen LogP contribution in [0.2, 0.25) is 0 Å². The number of aliphatic hydroxyl groups is 1. The molecule has 0 unspecified atom stereocenters. The first-order valence-electron chi connectivity index (χ1n) is 4.75. The second-order valence-electron chi connectivity index (χ2n) is 3.17. The van der Waals surface area contributed by atoms with E-state index in [9.17, 15) is 0 Å². The van der Waals surface area contributed by atoms with E-state index < -0.39 is 0 Å².